The quantitative estimate of drug-likeness (QED) is 0.880. The molecule has 1 aliphatic carbocycles. The van der Waals surface area contributed by atoms with Crippen LogP contribution in [0.1, 0.15) is 37.2 Å². The number of nitrogens with one attached hydrogen (secondary N) is 1. The van der Waals surface area contributed by atoms with Crippen LogP contribution in [0.25, 0.3) is 0 Å². The minimum Gasteiger partial charge on any atom is -0.348 e. The summed E-state index contributed by atoms with van der Waals surface area (Å²) >= 11 is 5.62. The molecule has 0 aliphatic heterocycles. The molecule has 1 aromatic rings. The van der Waals surface area contributed by atoms with E-state index in [2.05, 4.69) is 29.1 Å². The lowest BCUT2D eigenvalue weighted by Crippen LogP contribution is -2.37. The largest absolute Gasteiger partial charge is 0.348 e. The standard InChI is InChI=1S/C12H16ClN3O/c1-7-3-4-9(8(7)2)16-12(17)10-5-15-11(13)6-14-10/h5-9H,3-4H2,1-2H3,(H,16,17). The summed E-state index contributed by atoms with van der Waals surface area (Å²) in [7, 11) is 0. The molecular formula is C12H16ClN3O. The summed E-state index contributed by atoms with van der Waals surface area (Å²) in [6, 6.07) is 0.245. The molecule has 17 heavy (non-hydrogen) atoms. The van der Waals surface area contributed by atoms with Crippen molar-refractivity contribution in [3.05, 3.63) is 23.2 Å². The predicted molar refractivity (Wildman–Crippen MR) is 65.9 cm³/mol. The number of hydrogen-bond donors (Lipinski definition) is 1. The van der Waals surface area contributed by atoms with Crippen molar-refractivity contribution in [2.75, 3.05) is 0 Å². The normalized spacial score (nSPS) is 28.1. The number of nitrogens with zero attached hydrogens (tertiary/aromatic N) is 2. The van der Waals surface area contributed by atoms with Gasteiger partial charge in [0.2, 0.25) is 0 Å². The summed E-state index contributed by atoms with van der Waals surface area (Å²) < 4.78 is 0. The first-order chi connectivity index (χ1) is 8.08. The molecule has 0 bridgehead atoms. The van der Waals surface area contributed by atoms with E-state index in [0.29, 0.717) is 22.7 Å². The Labute approximate surface area is 106 Å². The van der Waals surface area contributed by atoms with Gasteiger partial charge < -0.3 is 5.32 Å². The first-order valence-electron chi connectivity index (χ1n) is 5.86. The van der Waals surface area contributed by atoms with E-state index in [9.17, 15) is 4.79 Å². The lowest BCUT2D eigenvalue weighted by Gasteiger charge is -2.19. The molecule has 5 heteroatoms. The Morgan fingerprint density at radius 1 is 1.35 bits per heavy atom. The Bertz CT molecular complexity index is 407. The fourth-order valence-electron chi connectivity index (χ4n) is 2.24. The molecule has 1 amide bonds. The molecule has 92 valence electrons. The third kappa shape index (κ3) is 2.75. The summed E-state index contributed by atoms with van der Waals surface area (Å²) in [5.41, 5.74) is 0.321. The molecule has 1 heterocycles. The van der Waals surface area contributed by atoms with Crippen molar-refractivity contribution >= 4 is 17.5 Å². The summed E-state index contributed by atoms with van der Waals surface area (Å²) in [5, 5.41) is 3.31. The van der Waals surface area contributed by atoms with Gasteiger partial charge in [0.15, 0.2) is 0 Å². The van der Waals surface area contributed by atoms with Gasteiger partial charge in [0.05, 0.1) is 12.4 Å². The molecular weight excluding hydrogens is 238 g/mol. The van der Waals surface area contributed by atoms with E-state index in [1.54, 1.807) is 0 Å². The second-order valence-electron chi connectivity index (χ2n) is 4.72. The smallest absolute Gasteiger partial charge is 0.271 e. The van der Waals surface area contributed by atoms with Crippen LogP contribution < -0.4 is 5.32 Å². The molecule has 0 spiro atoms. The van der Waals surface area contributed by atoms with E-state index >= 15 is 0 Å². The highest BCUT2D eigenvalue weighted by Gasteiger charge is 2.31. The van der Waals surface area contributed by atoms with E-state index < -0.39 is 0 Å². The number of carbonyl (C=O) groups excluding carboxylic acids is 1. The molecule has 3 unspecified atom stereocenters. The van der Waals surface area contributed by atoms with Gasteiger partial charge >= 0.3 is 0 Å². The fourth-order valence-corrected chi connectivity index (χ4v) is 2.34. The minimum absolute atomic E-state index is 0.167. The van der Waals surface area contributed by atoms with E-state index in [1.165, 1.54) is 18.8 Å². The summed E-state index contributed by atoms with van der Waals surface area (Å²) in [4.78, 5) is 19.7. The lowest BCUT2D eigenvalue weighted by molar-refractivity contribution is 0.0922. The Morgan fingerprint density at radius 3 is 2.65 bits per heavy atom. The molecule has 1 saturated carbocycles. The zero-order valence-electron chi connectivity index (χ0n) is 9.98. The predicted octanol–water partition coefficient (Wildman–Crippen LogP) is 2.29. The highest BCUT2D eigenvalue weighted by atomic mass is 35.5. The second-order valence-corrected chi connectivity index (χ2v) is 5.11. The first-order valence-corrected chi connectivity index (χ1v) is 6.24. The number of amides is 1. The first kappa shape index (κ1) is 12.3. The van der Waals surface area contributed by atoms with Gasteiger partial charge in [0.1, 0.15) is 10.8 Å². The van der Waals surface area contributed by atoms with Gasteiger partial charge in [-0.25, -0.2) is 9.97 Å². The van der Waals surface area contributed by atoms with Crippen LogP contribution in [0.2, 0.25) is 5.15 Å². The van der Waals surface area contributed by atoms with Gasteiger partial charge in [0, 0.05) is 6.04 Å². The van der Waals surface area contributed by atoms with E-state index in [-0.39, 0.29) is 11.9 Å². The number of carbonyl (C=O) groups is 1. The average Bonchev–Trinajstić information content (AvgIpc) is 2.62. The molecule has 4 nitrogen and oxygen atoms in total. The Kier molecular flexibility index (Phi) is 3.62. The van der Waals surface area contributed by atoms with E-state index in [0.717, 1.165) is 6.42 Å². The molecule has 0 radical (unpaired) electrons. The summed E-state index contributed by atoms with van der Waals surface area (Å²) in [6.07, 6.45) is 4.99. The molecule has 0 saturated heterocycles. The van der Waals surface area contributed by atoms with Crippen molar-refractivity contribution < 1.29 is 4.79 Å². The number of rotatable bonds is 2. The molecule has 1 fully saturated rings. The maximum atomic E-state index is 11.9. The van der Waals surface area contributed by atoms with Crippen LogP contribution >= 0.6 is 11.6 Å². The van der Waals surface area contributed by atoms with E-state index in [4.69, 9.17) is 11.6 Å². The second kappa shape index (κ2) is 5.00. The van der Waals surface area contributed by atoms with Gasteiger partial charge in [-0.15, -0.1) is 0 Å². The van der Waals surface area contributed by atoms with Crippen molar-refractivity contribution in [1.29, 1.82) is 0 Å². The van der Waals surface area contributed by atoms with Gasteiger partial charge in [-0.05, 0) is 24.7 Å². The molecule has 0 aromatic carbocycles. The SMILES string of the molecule is CC1CCC(NC(=O)c2cnc(Cl)cn2)C1C. The third-order valence-electron chi connectivity index (χ3n) is 3.63. The summed E-state index contributed by atoms with van der Waals surface area (Å²) in [6.45, 7) is 4.40. The molecule has 1 aromatic heterocycles. The molecule has 1 aliphatic rings. The van der Waals surface area contributed by atoms with Crippen LogP contribution in [0.3, 0.4) is 0 Å². The van der Waals surface area contributed by atoms with Gasteiger partial charge in [-0.2, -0.15) is 0 Å². The van der Waals surface area contributed by atoms with Gasteiger partial charge in [-0.3, -0.25) is 4.79 Å². The van der Waals surface area contributed by atoms with Crippen LogP contribution in [0.15, 0.2) is 12.4 Å². The number of aromatic nitrogens is 2. The molecule has 1 N–H and O–H groups in total. The average molecular weight is 254 g/mol. The van der Waals surface area contributed by atoms with Crippen LogP contribution in [0.5, 0.6) is 0 Å². The third-order valence-corrected chi connectivity index (χ3v) is 3.83. The van der Waals surface area contributed by atoms with Gasteiger partial charge in [-0.1, -0.05) is 25.4 Å². The Hall–Kier alpha value is -1.16. The van der Waals surface area contributed by atoms with Crippen LogP contribution in [0.4, 0.5) is 0 Å². The van der Waals surface area contributed by atoms with Crippen molar-refractivity contribution in [3.63, 3.8) is 0 Å². The van der Waals surface area contributed by atoms with E-state index in [1.807, 2.05) is 0 Å². The fraction of sp³-hybridized carbons (Fsp3) is 0.583. The van der Waals surface area contributed by atoms with Crippen molar-refractivity contribution in [3.8, 4) is 0 Å². The van der Waals surface area contributed by atoms with Crippen LogP contribution in [0, 0.1) is 11.8 Å². The maximum absolute atomic E-state index is 11.9. The van der Waals surface area contributed by atoms with Gasteiger partial charge in [0.25, 0.3) is 5.91 Å². The lowest BCUT2D eigenvalue weighted by atomic mass is 9.98. The zero-order chi connectivity index (χ0) is 12.4. The highest BCUT2D eigenvalue weighted by molar-refractivity contribution is 6.29. The zero-order valence-corrected chi connectivity index (χ0v) is 10.7. The maximum Gasteiger partial charge on any atom is 0.271 e. The topological polar surface area (TPSA) is 54.9 Å². The van der Waals surface area contributed by atoms with Crippen LogP contribution in [-0.2, 0) is 0 Å². The molecule has 2 rings (SSSR count). The van der Waals surface area contributed by atoms with Crippen molar-refractivity contribution in [2.45, 2.75) is 32.7 Å². The summed E-state index contributed by atoms with van der Waals surface area (Å²) in [5.74, 6) is 1.01. The van der Waals surface area contributed by atoms with Crippen molar-refractivity contribution in [2.24, 2.45) is 11.8 Å². The Morgan fingerprint density at radius 2 is 2.12 bits per heavy atom. The monoisotopic (exact) mass is 253 g/mol. The number of hydrogen-bond acceptors (Lipinski definition) is 3. The minimum atomic E-state index is -0.167. The Balaban J connectivity index is 2.00. The van der Waals surface area contributed by atoms with Crippen molar-refractivity contribution in [1.82, 2.24) is 15.3 Å². The highest BCUT2D eigenvalue weighted by Crippen LogP contribution is 2.31. The molecule has 3 atom stereocenters. The number of halogens is 1. The van der Waals surface area contributed by atoms with Crippen LogP contribution in [-0.4, -0.2) is 21.9 Å².